The molecule has 0 amide bonds. The summed E-state index contributed by atoms with van der Waals surface area (Å²) in [5.74, 6) is 2.68. The number of benzene rings is 2. The molecule has 0 aliphatic carbocycles. The van der Waals surface area contributed by atoms with Gasteiger partial charge in [0.25, 0.3) is 0 Å². The van der Waals surface area contributed by atoms with Gasteiger partial charge in [-0.1, -0.05) is 30.7 Å². The van der Waals surface area contributed by atoms with E-state index in [1.54, 1.807) is 9.79 Å². The number of anilines is 2. The Hall–Kier alpha value is -2.13. The van der Waals surface area contributed by atoms with Crippen molar-refractivity contribution < 1.29 is 0 Å². The van der Waals surface area contributed by atoms with Crippen molar-refractivity contribution in [2.45, 2.75) is 54.7 Å². The lowest BCUT2D eigenvalue weighted by molar-refractivity contribution is 0.718. The molecule has 3 aliphatic heterocycles. The fraction of sp³-hybridized carbons (Fsp3) is 0.448. The highest BCUT2D eigenvalue weighted by Gasteiger charge is 2.33. The molecular formula is C29H38N2S. The second-order valence-corrected chi connectivity index (χ2v) is 13.1. The first-order valence-electron chi connectivity index (χ1n) is 12.5. The van der Waals surface area contributed by atoms with Gasteiger partial charge in [0, 0.05) is 37.6 Å². The summed E-state index contributed by atoms with van der Waals surface area (Å²) >= 11 is 0. The Balaban J connectivity index is 1.60. The van der Waals surface area contributed by atoms with E-state index in [0.717, 1.165) is 26.2 Å². The van der Waals surface area contributed by atoms with Crippen molar-refractivity contribution >= 4 is 21.4 Å². The first-order chi connectivity index (χ1) is 15.7. The van der Waals surface area contributed by atoms with Crippen LogP contribution in [0.1, 0.15) is 43.2 Å². The minimum Gasteiger partial charge on any atom is -0.368 e. The van der Waals surface area contributed by atoms with Gasteiger partial charge in [-0.05, 0) is 95.2 Å². The lowest BCUT2D eigenvalue weighted by Gasteiger charge is -2.46. The Kier molecular flexibility index (Phi) is 6.37. The maximum atomic E-state index is 4.02. The van der Waals surface area contributed by atoms with E-state index in [1.165, 1.54) is 79.0 Å². The first kappa shape index (κ1) is 21.7. The Morgan fingerprint density at radius 2 is 1.19 bits per heavy atom. The molecule has 0 atom stereocenters. The van der Waals surface area contributed by atoms with Crippen LogP contribution < -0.4 is 9.80 Å². The van der Waals surface area contributed by atoms with Crippen LogP contribution in [0.4, 0.5) is 11.4 Å². The molecule has 0 radical (unpaired) electrons. The molecule has 32 heavy (non-hydrogen) atoms. The second kappa shape index (κ2) is 9.39. The van der Waals surface area contributed by atoms with E-state index >= 15 is 0 Å². The molecule has 0 unspecified atom stereocenters. The van der Waals surface area contributed by atoms with Gasteiger partial charge < -0.3 is 9.80 Å². The maximum Gasteiger partial charge on any atom is 0.0412 e. The van der Waals surface area contributed by atoms with E-state index in [2.05, 4.69) is 71.5 Å². The van der Waals surface area contributed by atoms with Gasteiger partial charge in [0.2, 0.25) is 0 Å². The monoisotopic (exact) mass is 446 g/mol. The fourth-order valence-corrected chi connectivity index (χ4v) is 10.2. The average molecular weight is 447 g/mol. The number of aryl methyl sites for hydroxylation is 2. The van der Waals surface area contributed by atoms with Crippen LogP contribution in [-0.4, -0.2) is 37.7 Å². The van der Waals surface area contributed by atoms with Gasteiger partial charge in [0.1, 0.15) is 0 Å². The Labute approximate surface area is 196 Å². The molecule has 0 aromatic heterocycles. The molecule has 0 N–H and O–H groups in total. The highest BCUT2D eigenvalue weighted by molar-refractivity contribution is 8.33. The molecular weight excluding hydrogens is 408 g/mol. The zero-order chi connectivity index (χ0) is 22.0. The van der Waals surface area contributed by atoms with Gasteiger partial charge in [-0.3, -0.25) is 0 Å². The molecule has 0 saturated carbocycles. The number of nitrogens with zero attached hydrogens (tertiary/aromatic N) is 2. The smallest absolute Gasteiger partial charge is 0.0412 e. The van der Waals surface area contributed by atoms with Gasteiger partial charge >= 0.3 is 0 Å². The molecule has 2 aromatic carbocycles. The van der Waals surface area contributed by atoms with Crippen molar-refractivity contribution in [2.24, 2.45) is 0 Å². The molecule has 2 aromatic rings. The van der Waals surface area contributed by atoms with Crippen molar-refractivity contribution in [3.05, 3.63) is 72.8 Å². The second-order valence-electron chi connectivity index (χ2n) is 9.61. The van der Waals surface area contributed by atoms with E-state index in [1.807, 2.05) is 0 Å². The van der Waals surface area contributed by atoms with Gasteiger partial charge in [-0.2, -0.15) is 10.0 Å². The third-order valence-corrected chi connectivity index (χ3v) is 11.9. The summed E-state index contributed by atoms with van der Waals surface area (Å²) in [5, 5.41) is 0. The van der Waals surface area contributed by atoms with Crippen LogP contribution in [0.2, 0.25) is 0 Å². The Morgan fingerprint density at radius 3 is 1.66 bits per heavy atom. The summed E-state index contributed by atoms with van der Waals surface area (Å²) in [6, 6.07) is 15.1. The molecule has 0 bridgehead atoms. The van der Waals surface area contributed by atoms with Crippen LogP contribution in [0.25, 0.3) is 0 Å². The Bertz CT molecular complexity index is 915. The zero-order valence-corrected chi connectivity index (χ0v) is 20.3. The number of hydrogen-bond donors (Lipinski definition) is 0. The molecule has 3 heteroatoms. The van der Waals surface area contributed by atoms with Crippen molar-refractivity contribution in [1.29, 1.82) is 0 Å². The third-order valence-electron chi connectivity index (χ3n) is 7.63. The first-order valence-corrected chi connectivity index (χ1v) is 14.5. The maximum absolute atomic E-state index is 4.02. The summed E-state index contributed by atoms with van der Waals surface area (Å²) < 4.78 is 0. The minimum absolute atomic E-state index is 0.953. The van der Waals surface area contributed by atoms with Gasteiger partial charge in [-0.15, -0.1) is 13.2 Å². The molecule has 170 valence electrons. The van der Waals surface area contributed by atoms with E-state index in [0.29, 0.717) is 0 Å². The quantitative estimate of drug-likeness (QED) is 0.442. The van der Waals surface area contributed by atoms with Crippen molar-refractivity contribution in [3.63, 3.8) is 0 Å². The summed E-state index contributed by atoms with van der Waals surface area (Å²) in [6.07, 6.45) is 13.1. The zero-order valence-electron chi connectivity index (χ0n) is 19.5. The number of rotatable bonds is 6. The van der Waals surface area contributed by atoms with Crippen LogP contribution in [-0.2, 0) is 12.8 Å². The lowest BCUT2D eigenvalue weighted by atomic mass is 10.0. The molecule has 5 rings (SSSR count). The van der Waals surface area contributed by atoms with E-state index in [9.17, 15) is 0 Å². The normalized spacial score (nSPS) is 20.8. The largest absolute Gasteiger partial charge is 0.368 e. The third kappa shape index (κ3) is 3.90. The molecule has 3 aliphatic rings. The molecule has 0 spiro atoms. The van der Waals surface area contributed by atoms with Crippen molar-refractivity contribution in [1.82, 2.24) is 0 Å². The predicted molar refractivity (Wildman–Crippen MR) is 142 cm³/mol. The van der Waals surface area contributed by atoms with E-state index in [4.69, 9.17) is 0 Å². The van der Waals surface area contributed by atoms with Gasteiger partial charge in [0.05, 0.1) is 0 Å². The molecule has 1 fully saturated rings. The van der Waals surface area contributed by atoms with Crippen LogP contribution in [0.5, 0.6) is 0 Å². The van der Waals surface area contributed by atoms with Crippen LogP contribution in [0.15, 0.2) is 71.5 Å². The minimum atomic E-state index is -1.00. The van der Waals surface area contributed by atoms with Crippen LogP contribution in [0, 0.1) is 0 Å². The molecule has 3 heterocycles. The number of hydrogen-bond acceptors (Lipinski definition) is 2. The summed E-state index contributed by atoms with van der Waals surface area (Å²) in [5.41, 5.74) is 5.99. The molecule has 2 nitrogen and oxygen atoms in total. The highest BCUT2D eigenvalue weighted by Crippen LogP contribution is 2.66. The van der Waals surface area contributed by atoms with Gasteiger partial charge in [0.15, 0.2) is 0 Å². The van der Waals surface area contributed by atoms with Gasteiger partial charge in [-0.25, -0.2) is 0 Å². The summed E-state index contributed by atoms with van der Waals surface area (Å²) in [4.78, 5) is 8.31. The summed E-state index contributed by atoms with van der Waals surface area (Å²) in [7, 11) is -1.00. The van der Waals surface area contributed by atoms with Crippen molar-refractivity contribution in [3.8, 4) is 0 Å². The van der Waals surface area contributed by atoms with Crippen LogP contribution >= 0.6 is 10.0 Å². The van der Waals surface area contributed by atoms with Crippen molar-refractivity contribution in [2.75, 3.05) is 47.5 Å². The van der Waals surface area contributed by atoms with Crippen LogP contribution in [0.3, 0.4) is 0 Å². The highest BCUT2D eigenvalue weighted by atomic mass is 32.3. The molecule has 1 saturated heterocycles. The SMILES string of the molecule is C=CCN1CCCc2ccc(S3(c4ccc5c(c4)N(CC=C)CCC5)CCCCC3)cc21. The van der Waals surface area contributed by atoms with E-state index in [-0.39, 0.29) is 0 Å². The lowest BCUT2D eigenvalue weighted by Crippen LogP contribution is -2.30. The van der Waals surface area contributed by atoms with E-state index < -0.39 is 10.0 Å². The number of fused-ring (bicyclic) bond motifs is 2. The average Bonchev–Trinajstić information content (AvgIpc) is 2.85. The topological polar surface area (TPSA) is 6.48 Å². The summed E-state index contributed by atoms with van der Waals surface area (Å²) in [6.45, 7) is 12.2. The fourth-order valence-electron chi connectivity index (χ4n) is 6.02. The standard InChI is InChI=1S/C29H38N2S/c1-3-16-30-18-8-10-24-12-14-26(22-28(24)30)32(20-6-5-7-21-32)27-15-13-25-11-9-19-31(17-4-2)29(25)23-27/h3-4,12-15,22-23H,1-2,5-11,16-21H2. The predicted octanol–water partition coefficient (Wildman–Crippen LogP) is 6.97. The Morgan fingerprint density at radius 1 is 0.688 bits per heavy atom.